The third-order valence-corrected chi connectivity index (χ3v) is 5.05. The Hall–Kier alpha value is -0.400. The third kappa shape index (κ3) is 3.68. The highest BCUT2D eigenvalue weighted by Crippen LogP contribution is 2.26. The fourth-order valence-electron chi connectivity index (χ4n) is 2.14. The molecule has 0 radical (unpaired) electrons. The minimum absolute atomic E-state index is 0.0412. The lowest BCUT2D eigenvalue weighted by Gasteiger charge is -2.07. The van der Waals surface area contributed by atoms with Gasteiger partial charge in [0.2, 0.25) is 0 Å². The molecule has 112 valence electrons. The highest BCUT2D eigenvalue weighted by molar-refractivity contribution is 14.1. The van der Waals surface area contributed by atoms with Crippen LogP contribution in [0.25, 0.3) is 0 Å². The van der Waals surface area contributed by atoms with Gasteiger partial charge < -0.3 is 0 Å². The molecule has 2 rings (SSSR count). The molecule has 0 unspecified atom stereocenters. The summed E-state index contributed by atoms with van der Waals surface area (Å²) in [5.41, 5.74) is 2.33. The van der Waals surface area contributed by atoms with Crippen molar-refractivity contribution in [1.29, 1.82) is 0 Å². The van der Waals surface area contributed by atoms with Crippen LogP contribution in [-0.2, 0) is 19.4 Å². The number of aryl methyl sites for hydroxylation is 2. The summed E-state index contributed by atoms with van der Waals surface area (Å²) in [4.78, 5) is 12.6. The molecule has 0 amide bonds. The minimum Gasteiger partial charge on any atom is -0.294 e. The number of carbonyl (C=O) groups is 1. The number of ketones is 1. The van der Waals surface area contributed by atoms with E-state index in [4.69, 9.17) is 11.6 Å². The average molecular weight is 482 g/mol. The second-order valence-electron chi connectivity index (χ2n) is 4.60. The molecule has 0 saturated heterocycles. The van der Waals surface area contributed by atoms with Crippen molar-refractivity contribution in [2.45, 2.75) is 33.2 Å². The van der Waals surface area contributed by atoms with Crippen LogP contribution in [0.3, 0.4) is 0 Å². The zero-order valence-electron chi connectivity index (χ0n) is 11.8. The number of hydrogen-bond acceptors (Lipinski definition) is 2. The zero-order chi connectivity index (χ0) is 15.6. The van der Waals surface area contributed by atoms with Crippen molar-refractivity contribution in [3.05, 3.63) is 48.2 Å². The van der Waals surface area contributed by atoms with E-state index in [0.717, 1.165) is 25.9 Å². The molecule has 0 fully saturated rings. The number of Topliss-reactive ketones (excluding diaryl/α,β-unsaturated/α-hetero) is 1. The van der Waals surface area contributed by atoms with Crippen LogP contribution in [0.2, 0.25) is 5.02 Å². The Morgan fingerprint density at radius 3 is 2.76 bits per heavy atom. The summed E-state index contributed by atoms with van der Waals surface area (Å²) in [6.45, 7) is 4.71. The Kier molecular flexibility index (Phi) is 5.85. The largest absolute Gasteiger partial charge is 0.294 e. The summed E-state index contributed by atoms with van der Waals surface area (Å²) in [6, 6.07) is 5.74. The number of nitrogens with zero attached hydrogens (tertiary/aromatic N) is 2. The molecule has 0 bridgehead atoms. The van der Waals surface area contributed by atoms with Gasteiger partial charge in [0.05, 0.1) is 22.8 Å². The van der Waals surface area contributed by atoms with E-state index in [1.807, 2.05) is 36.7 Å². The summed E-state index contributed by atoms with van der Waals surface area (Å²) in [6.07, 6.45) is 1.03. The van der Waals surface area contributed by atoms with Gasteiger partial charge in [-0.15, -0.1) is 0 Å². The Morgan fingerprint density at radius 2 is 2.14 bits per heavy atom. The number of rotatable bonds is 5. The van der Waals surface area contributed by atoms with Gasteiger partial charge >= 0.3 is 0 Å². The van der Waals surface area contributed by atoms with Gasteiger partial charge in [-0.25, -0.2) is 0 Å². The molecule has 0 aliphatic carbocycles. The molecule has 1 aromatic heterocycles. The highest BCUT2D eigenvalue weighted by atomic mass is 127. The second-order valence-corrected chi connectivity index (χ2v) is 7.08. The van der Waals surface area contributed by atoms with Crippen LogP contribution >= 0.6 is 50.1 Å². The zero-order valence-corrected chi connectivity index (χ0v) is 16.3. The standard InChI is InChI=1S/C15H15BrClIN2O/c1-3-12-15(17)13(20(4-2)19-12)8-14(21)10-7-9(18)5-6-11(10)16/h5-7H,3-4,8H2,1-2H3. The molecular weight excluding hydrogens is 466 g/mol. The predicted octanol–water partition coefficient (Wildman–Crippen LogP) is 4.91. The smallest absolute Gasteiger partial charge is 0.170 e. The summed E-state index contributed by atoms with van der Waals surface area (Å²) in [5, 5.41) is 5.07. The topological polar surface area (TPSA) is 34.9 Å². The number of benzene rings is 1. The Morgan fingerprint density at radius 1 is 1.43 bits per heavy atom. The van der Waals surface area contributed by atoms with E-state index in [9.17, 15) is 4.79 Å². The molecule has 0 aliphatic heterocycles. The van der Waals surface area contributed by atoms with Gasteiger partial charge in [0.1, 0.15) is 0 Å². The van der Waals surface area contributed by atoms with Gasteiger partial charge in [0.15, 0.2) is 5.78 Å². The van der Waals surface area contributed by atoms with E-state index in [0.29, 0.717) is 17.1 Å². The quantitative estimate of drug-likeness (QED) is 0.449. The SMILES string of the molecule is CCc1nn(CC)c(CC(=O)c2cc(I)ccc2Br)c1Cl. The van der Waals surface area contributed by atoms with Crippen molar-refractivity contribution in [2.75, 3.05) is 0 Å². The fraction of sp³-hybridized carbons (Fsp3) is 0.333. The summed E-state index contributed by atoms with van der Waals surface area (Å²) >= 11 is 12.0. The summed E-state index contributed by atoms with van der Waals surface area (Å²) < 4.78 is 3.66. The van der Waals surface area contributed by atoms with Crippen molar-refractivity contribution in [1.82, 2.24) is 9.78 Å². The van der Waals surface area contributed by atoms with Crippen molar-refractivity contribution < 1.29 is 4.79 Å². The first-order valence-corrected chi connectivity index (χ1v) is 8.95. The first kappa shape index (κ1) is 17.0. The first-order chi connectivity index (χ1) is 9.97. The molecule has 6 heteroatoms. The number of carbonyl (C=O) groups excluding carboxylic acids is 1. The van der Waals surface area contributed by atoms with E-state index in [1.54, 1.807) is 0 Å². The van der Waals surface area contributed by atoms with Crippen LogP contribution in [0.1, 0.15) is 35.6 Å². The maximum Gasteiger partial charge on any atom is 0.170 e. The maximum absolute atomic E-state index is 12.6. The van der Waals surface area contributed by atoms with Crippen LogP contribution in [0.15, 0.2) is 22.7 Å². The van der Waals surface area contributed by atoms with Gasteiger partial charge in [-0.3, -0.25) is 9.48 Å². The van der Waals surface area contributed by atoms with Gasteiger partial charge in [-0.2, -0.15) is 5.10 Å². The average Bonchev–Trinajstić information content (AvgIpc) is 2.77. The van der Waals surface area contributed by atoms with E-state index < -0.39 is 0 Å². The van der Waals surface area contributed by atoms with Crippen LogP contribution in [0.4, 0.5) is 0 Å². The monoisotopic (exact) mass is 480 g/mol. The fourth-order valence-corrected chi connectivity index (χ4v) is 3.44. The summed E-state index contributed by atoms with van der Waals surface area (Å²) in [7, 11) is 0. The summed E-state index contributed by atoms with van der Waals surface area (Å²) in [5.74, 6) is 0.0412. The molecule has 0 saturated carbocycles. The predicted molar refractivity (Wildman–Crippen MR) is 97.2 cm³/mol. The number of halogens is 3. The lowest BCUT2D eigenvalue weighted by atomic mass is 10.1. The lowest BCUT2D eigenvalue weighted by molar-refractivity contribution is 0.0989. The second kappa shape index (κ2) is 7.24. The molecule has 1 aromatic carbocycles. The Labute approximate surface area is 151 Å². The Bertz CT molecular complexity index is 685. The van der Waals surface area contributed by atoms with Crippen LogP contribution in [0.5, 0.6) is 0 Å². The number of aromatic nitrogens is 2. The van der Waals surface area contributed by atoms with Gasteiger partial charge in [0, 0.05) is 20.2 Å². The highest BCUT2D eigenvalue weighted by Gasteiger charge is 2.19. The molecule has 0 aliphatic rings. The van der Waals surface area contributed by atoms with Crippen molar-refractivity contribution in [3.8, 4) is 0 Å². The van der Waals surface area contributed by atoms with Crippen LogP contribution in [-0.4, -0.2) is 15.6 Å². The van der Waals surface area contributed by atoms with Gasteiger partial charge in [-0.05, 0) is 54.1 Å². The molecule has 0 N–H and O–H groups in total. The van der Waals surface area contributed by atoms with Gasteiger partial charge in [0.25, 0.3) is 0 Å². The normalized spacial score (nSPS) is 10.9. The van der Waals surface area contributed by atoms with Crippen molar-refractivity contribution in [2.24, 2.45) is 0 Å². The molecule has 0 spiro atoms. The van der Waals surface area contributed by atoms with Crippen molar-refractivity contribution in [3.63, 3.8) is 0 Å². The molecule has 2 aromatic rings. The molecular formula is C15H15BrClIN2O. The molecule has 0 atom stereocenters. The van der Waals surface area contributed by atoms with E-state index in [-0.39, 0.29) is 12.2 Å². The van der Waals surface area contributed by atoms with Crippen molar-refractivity contribution >= 4 is 55.9 Å². The Balaban J connectivity index is 2.35. The maximum atomic E-state index is 12.6. The van der Waals surface area contributed by atoms with E-state index in [1.165, 1.54) is 0 Å². The van der Waals surface area contributed by atoms with Crippen LogP contribution in [0, 0.1) is 3.57 Å². The molecule has 1 heterocycles. The number of hydrogen-bond donors (Lipinski definition) is 0. The van der Waals surface area contributed by atoms with Crippen LogP contribution < -0.4 is 0 Å². The lowest BCUT2D eigenvalue weighted by Crippen LogP contribution is -2.11. The van der Waals surface area contributed by atoms with Gasteiger partial charge in [-0.1, -0.05) is 34.5 Å². The van der Waals surface area contributed by atoms with E-state index in [2.05, 4.69) is 43.6 Å². The molecule has 21 heavy (non-hydrogen) atoms. The minimum atomic E-state index is 0.0412. The molecule has 3 nitrogen and oxygen atoms in total. The first-order valence-electron chi connectivity index (χ1n) is 6.70. The van der Waals surface area contributed by atoms with E-state index >= 15 is 0 Å². The third-order valence-electron chi connectivity index (χ3n) is 3.25.